The van der Waals surface area contributed by atoms with Gasteiger partial charge < -0.3 is 14.8 Å². The van der Waals surface area contributed by atoms with Crippen LogP contribution in [-0.2, 0) is 17.8 Å². The molecule has 1 aromatic heterocycles. The Hall–Kier alpha value is -2.32. The van der Waals surface area contributed by atoms with Crippen LogP contribution in [0.1, 0.15) is 63.1 Å². The molecule has 0 radical (unpaired) electrons. The summed E-state index contributed by atoms with van der Waals surface area (Å²) in [5, 5.41) is 13.9. The average molecular weight is 393 g/mol. The van der Waals surface area contributed by atoms with Crippen molar-refractivity contribution in [2.75, 3.05) is 13.1 Å². The van der Waals surface area contributed by atoms with Crippen LogP contribution in [0, 0.1) is 11.3 Å². The molecule has 0 aliphatic carbocycles. The summed E-state index contributed by atoms with van der Waals surface area (Å²) >= 11 is 0. The fraction of sp³-hybridized carbons (Fsp3) is 0.583. The maximum Gasteiger partial charge on any atom is 0.239 e. The van der Waals surface area contributed by atoms with E-state index in [1.807, 2.05) is 12.1 Å². The van der Waals surface area contributed by atoms with Gasteiger partial charge in [0, 0.05) is 30.3 Å². The highest BCUT2D eigenvalue weighted by Gasteiger charge is 2.32. The van der Waals surface area contributed by atoms with Gasteiger partial charge in [0.05, 0.1) is 17.7 Å². The highest BCUT2D eigenvalue weighted by atomic mass is 16.2. The first kappa shape index (κ1) is 20.0. The summed E-state index contributed by atoms with van der Waals surface area (Å²) in [4.78, 5) is 15.3. The van der Waals surface area contributed by atoms with Crippen LogP contribution in [0.25, 0.3) is 10.9 Å². The molecule has 1 N–H and O–H groups in total. The fourth-order valence-corrected chi connectivity index (χ4v) is 5.13. The number of carbonyl (C=O) groups is 1. The zero-order valence-corrected chi connectivity index (χ0v) is 17.5. The maximum atomic E-state index is 13.1. The van der Waals surface area contributed by atoms with Gasteiger partial charge in [-0.15, -0.1) is 0 Å². The normalized spacial score (nSPS) is 22.6. The molecule has 1 amide bonds. The Bertz CT molecular complexity index is 903. The fourth-order valence-electron chi connectivity index (χ4n) is 5.13. The highest BCUT2D eigenvalue weighted by molar-refractivity contribution is 5.83. The van der Waals surface area contributed by atoms with E-state index in [4.69, 9.17) is 0 Å². The van der Waals surface area contributed by atoms with E-state index in [9.17, 15) is 10.1 Å². The van der Waals surface area contributed by atoms with E-state index in [0.717, 1.165) is 63.7 Å². The molecule has 5 nitrogen and oxygen atoms in total. The number of amides is 1. The van der Waals surface area contributed by atoms with Crippen molar-refractivity contribution in [3.63, 3.8) is 0 Å². The van der Waals surface area contributed by atoms with Crippen LogP contribution in [0.2, 0.25) is 0 Å². The van der Waals surface area contributed by atoms with Gasteiger partial charge in [0.1, 0.15) is 0 Å². The Morgan fingerprint density at radius 2 is 2.07 bits per heavy atom. The van der Waals surface area contributed by atoms with Gasteiger partial charge in [0.25, 0.3) is 0 Å². The van der Waals surface area contributed by atoms with Gasteiger partial charge in [-0.05, 0) is 82.0 Å². The second kappa shape index (κ2) is 9.00. The van der Waals surface area contributed by atoms with Crippen molar-refractivity contribution >= 4 is 16.8 Å². The monoisotopic (exact) mass is 392 g/mol. The van der Waals surface area contributed by atoms with E-state index in [0.29, 0.717) is 17.5 Å². The first-order valence-electron chi connectivity index (χ1n) is 11.3. The third kappa shape index (κ3) is 4.18. The second-order valence-electron chi connectivity index (χ2n) is 8.49. The van der Waals surface area contributed by atoms with Crippen LogP contribution < -0.4 is 5.32 Å². The van der Waals surface area contributed by atoms with Crippen LogP contribution in [0.4, 0.5) is 0 Å². The zero-order valence-electron chi connectivity index (χ0n) is 17.5. The number of nitriles is 1. The molecule has 2 aliphatic heterocycles. The molecule has 1 aromatic carbocycles. The molecule has 2 saturated heterocycles. The van der Waals surface area contributed by atoms with Gasteiger partial charge in [0.15, 0.2) is 0 Å². The maximum absolute atomic E-state index is 13.1. The number of carbonyl (C=O) groups excluding carboxylic acids is 1. The number of hydrogen-bond donors (Lipinski definition) is 1. The predicted octanol–water partition coefficient (Wildman–Crippen LogP) is 3.99. The van der Waals surface area contributed by atoms with E-state index in [-0.39, 0.29) is 6.04 Å². The Balaban J connectivity index is 1.49. The van der Waals surface area contributed by atoms with Crippen molar-refractivity contribution in [3.05, 3.63) is 35.5 Å². The number of nitrogens with zero attached hydrogens (tertiary/aromatic N) is 3. The summed E-state index contributed by atoms with van der Waals surface area (Å²) in [6.45, 7) is 4.93. The summed E-state index contributed by atoms with van der Waals surface area (Å²) in [5.74, 6) is 0.323. The number of aromatic nitrogens is 1. The number of piperidine rings is 2. The van der Waals surface area contributed by atoms with Gasteiger partial charge in [-0.1, -0.05) is 12.5 Å². The smallest absolute Gasteiger partial charge is 0.239 e. The Morgan fingerprint density at radius 3 is 2.83 bits per heavy atom. The minimum atomic E-state index is 0.0239. The molecule has 2 fully saturated rings. The van der Waals surface area contributed by atoms with Gasteiger partial charge in [0.2, 0.25) is 5.91 Å². The van der Waals surface area contributed by atoms with Crippen LogP contribution in [-0.4, -0.2) is 40.5 Å². The van der Waals surface area contributed by atoms with Gasteiger partial charge in [-0.2, -0.15) is 5.26 Å². The summed E-state index contributed by atoms with van der Waals surface area (Å²) < 4.78 is 2.33. The van der Waals surface area contributed by atoms with Crippen molar-refractivity contribution in [1.82, 2.24) is 14.8 Å². The van der Waals surface area contributed by atoms with Crippen molar-refractivity contribution in [2.24, 2.45) is 0 Å². The molecule has 0 bridgehead atoms. The SMILES string of the molecule is CCn1c(CCC2CCCCN2C(=O)[C@@H]2CCCCN2)cc2ccc(C#N)cc21. The molecule has 0 spiro atoms. The molecule has 4 rings (SSSR count). The van der Waals surface area contributed by atoms with Crippen molar-refractivity contribution < 1.29 is 4.79 Å². The van der Waals surface area contributed by atoms with Crippen molar-refractivity contribution in [1.29, 1.82) is 5.26 Å². The minimum absolute atomic E-state index is 0.0239. The summed E-state index contributed by atoms with van der Waals surface area (Å²) in [6, 6.07) is 10.8. The Morgan fingerprint density at radius 1 is 1.21 bits per heavy atom. The zero-order chi connectivity index (χ0) is 20.2. The average Bonchev–Trinajstić information content (AvgIpc) is 3.14. The predicted molar refractivity (Wildman–Crippen MR) is 116 cm³/mol. The molecule has 2 aromatic rings. The molecular formula is C24H32N4O. The van der Waals surface area contributed by atoms with E-state index < -0.39 is 0 Å². The number of nitrogens with one attached hydrogen (secondary N) is 1. The standard InChI is InChI=1S/C24H32N4O/c1-2-27-21(16-19-10-9-18(17-25)15-23(19)27)12-11-20-7-4-6-14-28(20)24(29)22-8-3-5-13-26-22/h9-10,15-16,20,22,26H,2-8,11-14H2,1H3/t20?,22-/m0/s1. The number of rotatable bonds is 5. The lowest BCUT2D eigenvalue weighted by atomic mass is 9.95. The third-order valence-electron chi connectivity index (χ3n) is 6.69. The number of benzene rings is 1. The Kier molecular flexibility index (Phi) is 6.20. The lowest BCUT2D eigenvalue weighted by Crippen LogP contribution is -2.53. The summed E-state index contributed by atoms with van der Waals surface area (Å²) in [5.41, 5.74) is 3.16. The molecule has 1 unspecified atom stereocenters. The lowest BCUT2D eigenvalue weighted by molar-refractivity contribution is -0.137. The van der Waals surface area contributed by atoms with Crippen LogP contribution >= 0.6 is 0 Å². The van der Waals surface area contributed by atoms with E-state index >= 15 is 0 Å². The molecule has 154 valence electrons. The first-order chi connectivity index (χ1) is 14.2. The lowest BCUT2D eigenvalue weighted by Gasteiger charge is -2.39. The van der Waals surface area contributed by atoms with E-state index in [1.165, 1.54) is 23.9 Å². The molecule has 2 aliphatic rings. The van der Waals surface area contributed by atoms with E-state index in [2.05, 4.69) is 39.9 Å². The topological polar surface area (TPSA) is 61.1 Å². The number of fused-ring (bicyclic) bond motifs is 1. The van der Waals surface area contributed by atoms with Crippen LogP contribution in [0.5, 0.6) is 0 Å². The minimum Gasteiger partial charge on any atom is -0.345 e. The van der Waals surface area contributed by atoms with Gasteiger partial charge >= 0.3 is 0 Å². The molecular weight excluding hydrogens is 360 g/mol. The highest BCUT2D eigenvalue weighted by Crippen LogP contribution is 2.26. The second-order valence-corrected chi connectivity index (χ2v) is 8.49. The Labute approximate surface area is 173 Å². The van der Waals surface area contributed by atoms with Crippen molar-refractivity contribution in [3.8, 4) is 6.07 Å². The quantitative estimate of drug-likeness (QED) is 0.837. The van der Waals surface area contributed by atoms with Crippen LogP contribution in [0.3, 0.4) is 0 Å². The third-order valence-corrected chi connectivity index (χ3v) is 6.69. The van der Waals surface area contributed by atoms with Gasteiger partial charge in [-0.25, -0.2) is 0 Å². The van der Waals surface area contributed by atoms with Gasteiger partial charge in [-0.3, -0.25) is 4.79 Å². The van der Waals surface area contributed by atoms with Crippen LogP contribution in [0.15, 0.2) is 24.3 Å². The first-order valence-corrected chi connectivity index (χ1v) is 11.3. The molecule has 3 heterocycles. The molecule has 29 heavy (non-hydrogen) atoms. The molecule has 2 atom stereocenters. The van der Waals surface area contributed by atoms with Crippen molar-refractivity contribution in [2.45, 2.75) is 76.9 Å². The molecule has 0 saturated carbocycles. The summed E-state index contributed by atoms with van der Waals surface area (Å²) in [7, 11) is 0. The largest absolute Gasteiger partial charge is 0.345 e. The number of aryl methyl sites for hydroxylation is 2. The molecule has 5 heteroatoms. The number of hydrogen-bond acceptors (Lipinski definition) is 3. The van der Waals surface area contributed by atoms with E-state index in [1.54, 1.807) is 0 Å². The number of likely N-dealkylation sites (tertiary alicyclic amines) is 1. The summed E-state index contributed by atoms with van der Waals surface area (Å²) in [6.07, 6.45) is 8.76.